The molecule has 0 aliphatic heterocycles. The highest BCUT2D eigenvalue weighted by molar-refractivity contribution is 5.34. The van der Waals surface area contributed by atoms with Crippen LogP contribution in [0.25, 0.3) is 0 Å². The van der Waals surface area contributed by atoms with E-state index in [0.717, 1.165) is 43.1 Å². The summed E-state index contributed by atoms with van der Waals surface area (Å²) in [5.41, 5.74) is 4.77. The van der Waals surface area contributed by atoms with E-state index >= 15 is 0 Å². The van der Waals surface area contributed by atoms with Crippen LogP contribution in [-0.4, -0.2) is 12.7 Å². The first kappa shape index (κ1) is 20.0. The standard InChI is InChI=1S/C27H38O/c1-3-5-6-20-7-8-22-17-23(10-9-21(22)16-20)24-11-12-26-19-27(28-15-4-2)14-13-25(26)18-24/h3-4,7-8,16,23-27H,1-2,5-6,9-15,17-19H2. The van der Waals surface area contributed by atoms with Gasteiger partial charge in [0.25, 0.3) is 0 Å². The molecule has 1 aromatic rings. The number of hydrogen-bond acceptors (Lipinski definition) is 1. The molecule has 0 heterocycles. The number of allylic oxidation sites excluding steroid dienone is 1. The SMILES string of the molecule is C=CCCc1ccc2c(c1)CCC(C1CCC3CC(OCC=C)CCC3C1)C2. The minimum Gasteiger partial charge on any atom is -0.374 e. The maximum Gasteiger partial charge on any atom is 0.0648 e. The Kier molecular flexibility index (Phi) is 6.73. The van der Waals surface area contributed by atoms with Gasteiger partial charge in [-0.2, -0.15) is 0 Å². The molecule has 1 nitrogen and oxygen atoms in total. The molecule has 28 heavy (non-hydrogen) atoms. The molecule has 152 valence electrons. The molecular formula is C27H38O. The Bertz CT molecular complexity index is 675. The minimum absolute atomic E-state index is 0.493. The second-order valence-electron chi connectivity index (χ2n) is 9.58. The number of rotatable bonds is 7. The van der Waals surface area contributed by atoms with E-state index in [1.54, 1.807) is 11.1 Å². The van der Waals surface area contributed by atoms with Crippen molar-refractivity contribution >= 4 is 0 Å². The lowest BCUT2D eigenvalue weighted by molar-refractivity contribution is -0.0137. The van der Waals surface area contributed by atoms with E-state index in [4.69, 9.17) is 4.74 Å². The lowest BCUT2D eigenvalue weighted by atomic mass is 9.62. The lowest BCUT2D eigenvalue weighted by Crippen LogP contribution is -2.37. The highest BCUT2D eigenvalue weighted by Gasteiger charge is 2.38. The van der Waals surface area contributed by atoms with Gasteiger partial charge in [0.2, 0.25) is 0 Å². The largest absolute Gasteiger partial charge is 0.374 e. The average molecular weight is 379 g/mol. The first-order valence-electron chi connectivity index (χ1n) is 11.7. The van der Waals surface area contributed by atoms with Crippen LogP contribution < -0.4 is 0 Å². The number of fused-ring (bicyclic) bond motifs is 2. The molecule has 5 atom stereocenters. The third-order valence-electron chi connectivity index (χ3n) is 7.90. The molecule has 0 amide bonds. The number of benzene rings is 1. The van der Waals surface area contributed by atoms with Crippen LogP contribution in [0.1, 0.15) is 68.1 Å². The van der Waals surface area contributed by atoms with Crippen LogP contribution in [0.15, 0.2) is 43.5 Å². The van der Waals surface area contributed by atoms with Crippen molar-refractivity contribution in [3.8, 4) is 0 Å². The smallest absolute Gasteiger partial charge is 0.0648 e. The third kappa shape index (κ3) is 4.62. The molecule has 2 fully saturated rings. The highest BCUT2D eigenvalue weighted by Crippen LogP contribution is 2.47. The molecule has 0 radical (unpaired) electrons. The van der Waals surface area contributed by atoms with E-state index in [-0.39, 0.29) is 0 Å². The van der Waals surface area contributed by atoms with Gasteiger partial charge in [0, 0.05) is 0 Å². The Morgan fingerprint density at radius 3 is 2.46 bits per heavy atom. The molecule has 1 aromatic carbocycles. The maximum absolute atomic E-state index is 5.97. The van der Waals surface area contributed by atoms with Crippen LogP contribution in [-0.2, 0) is 24.0 Å². The van der Waals surface area contributed by atoms with E-state index in [9.17, 15) is 0 Å². The molecule has 2 saturated carbocycles. The third-order valence-corrected chi connectivity index (χ3v) is 7.90. The van der Waals surface area contributed by atoms with Crippen molar-refractivity contribution in [3.05, 3.63) is 60.2 Å². The van der Waals surface area contributed by atoms with Crippen molar-refractivity contribution in [3.63, 3.8) is 0 Å². The molecule has 0 spiro atoms. The Morgan fingerprint density at radius 2 is 1.64 bits per heavy atom. The summed E-state index contributed by atoms with van der Waals surface area (Å²) in [6.45, 7) is 8.38. The van der Waals surface area contributed by atoms with Crippen molar-refractivity contribution in [2.45, 2.75) is 76.7 Å². The van der Waals surface area contributed by atoms with Crippen LogP contribution >= 0.6 is 0 Å². The maximum atomic E-state index is 5.97. The molecule has 3 aliphatic rings. The van der Waals surface area contributed by atoms with Gasteiger partial charge in [-0.3, -0.25) is 0 Å². The van der Waals surface area contributed by atoms with Gasteiger partial charge in [-0.25, -0.2) is 0 Å². The minimum atomic E-state index is 0.493. The van der Waals surface area contributed by atoms with Crippen LogP contribution in [0, 0.1) is 23.7 Å². The van der Waals surface area contributed by atoms with E-state index < -0.39 is 0 Å². The zero-order valence-electron chi connectivity index (χ0n) is 17.6. The second-order valence-corrected chi connectivity index (χ2v) is 9.58. The van der Waals surface area contributed by atoms with Crippen molar-refractivity contribution < 1.29 is 4.74 Å². The zero-order chi connectivity index (χ0) is 19.3. The van der Waals surface area contributed by atoms with E-state index in [1.165, 1.54) is 63.4 Å². The monoisotopic (exact) mass is 378 g/mol. The summed E-state index contributed by atoms with van der Waals surface area (Å²) in [5, 5.41) is 0. The predicted octanol–water partition coefficient (Wildman–Crippen LogP) is 6.70. The quantitative estimate of drug-likeness (QED) is 0.480. The molecule has 0 bridgehead atoms. The fourth-order valence-electron chi connectivity index (χ4n) is 6.33. The highest BCUT2D eigenvalue weighted by atomic mass is 16.5. The lowest BCUT2D eigenvalue weighted by Gasteiger charge is -2.44. The zero-order valence-corrected chi connectivity index (χ0v) is 17.6. The fraction of sp³-hybridized carbons (Fsp3) is 0.630. The number of hydrogen-bond donors (Lipinski definition) is 0. The van der Waals surface area contributed by atoms with Gasteiger partial charge in [0.05, 0.1) is 12.7 Å². The molecule has 0 N–H and O–H groups in total. The van der Waals surface area contributed by atoms with E-state index in [0.29, 0.717) is 6.10 Å². The molecule has 1 heteroatoms. The van der Waals surface area contributed by atoms with Gasteiger partial charge < -0.3 is 4.74 Å². The van der Waals surface area contributed by atoms with Crippen LogP contribution in [0.3, 0.4) is 0 Å². The second kappa shape index (κ2) is 9.44. The summed E-state index contributed by atoms with van der Waals surface area (Å²) in [6.07, 6.45) is 19.0. The summed E-state index contributed by atoms with van der Waals surface area (Å²) in [4.78, 5) is 0. The van der Waals surface area contributed by atoms with Crippen molar-refractivity contribution in [2.75, 3.05) is 6.61 Å². The molecule has 0 saturated heterocycles. The predicted molar refractivity (Wildman–Crippen MR) is 119 cm³/mol. The van der Waals surface area contributed by atoms with Gasteiger partial charge in [0.15, 0.2) is 0 Å². The number of ether oxygens (including phenoxy) is 1. The van der Waals surface area contributed by atoms with Crippen LogP contribution in [0.5, 0.6) is 0 Å². The van der Waals surface area contributed by atoms with E-state index in [1.807, 2.05) is 12.2 Å². The Hall–Kier alpha value is -1.34. The fourth-order valence-corrected chi connectivity index (χ4v) is 6.33. The van der Waals surface area contributed by atoms with Crippen LogP contribution in [0.4, 0.5) is 0 Å². The van der Waals surface area contributed by atoms with E-state index in [2.05, 4.69) is 31.4 Å². The summed E-state index contributed by atoms with van der Waals surface area (Å²) in [6, 6.07) is 7.29. The first-order chi connectivity index (χ1) is 13.8. The van der Waals surface area contributed by atoms with Gasteiger partial charge >= 0.3 is 0 Å². The first-order valence-corrected chi connectivity index (χ1v) is 11.7. The Morgan fingerprint density at radius 1 is 0.857 bits per heavy atom. The Labute approximate surface area is 172 Å². The molecule has 5 unspecified atom stereocenters. The summed E-state index contributed by atoms with van der Waals surface area (Å²) >= 11 is 0. The molecule has 0 aromatic heterocycles. The molecule has 3 aliphatic carbocycles. The van der Waals surface area contributed by atoms with Crippen molar-refractivity contribution in [2.24, 2.45) is 23.7 Å². The molecular weight excluding hydrogens is 340 g/mol. The molecule has 4 rings (SSSR count). The van der Waals surface area contributed by atoms with Crippen LogP contribution in [0.2, 0.25) is 0 Å². The van der Waals surface area contributed by atoms with Gasteiger partial charge in [-0.1, -0.05) is 30.4 Å². The van der Waals surface area contributed by atoms with Crippen molar-refractivity contribution in [1.29, 1.82) is 0 Å². The number of aryl methyl sites for hydroxylation is 2. The topological polar surface area (TPSA) is 9.23 Å². The Balaban J connectivity index is 1.32. The van der Waals surface area contributed by atoms with Gasteiger partial charge in [0.1, 0.15) is 0 Å². The van der Waals surface area contributed by atoms with Gasteiger partial charge in [-0.15, -0.1) is 13.2 Å². The average Bonchev–Trinajstić information content (AvgIpc) is 2.75. The summed E-state index contributed by atoms with van der Waals surface area (Å²) < 4.78 is 5.97. The normalized spacial score (nSPS) is 32.2. The van der Waals surface area contributed by atoms with Gasteiger partial charge in [-0.05, 0) is 111 Å². The summed E-state index contributed by atoms with van der Waals surface area (Å²) in [7, 11) is 0. The summed E-state index contributed by atoms with van der Waals surface area (Å²) in [5.74, 6) is 3.76. The van der Waals surface area contributed by atoms with Crippen molar-refractivity contribution in [1.82, 2.24) is 0 Å².